The minimum Gasteiger partial charge on any atom is -0.484 e. The summed E-state index contributed by atoms with van der Waals surface area (Å²) in [5, 5.41) is 3.16. The molecule has 1 aromatic heterocycles. The van der Waals surface area contributed by atoms with Gasteiger partial charge in [-0.3, -0.25) is 10.1 Å². The molecule has 1 aromatic carbocycles. The lowest BCUT2D eigenvalue weighted by Gasteiger charge is -2.05. The third kappa shape index (κ3) is 3.53. The van der Waals surface area contributed by atoms with E-state index in [1.807, 2.05) is 6.92 Å². The summed E-state index contributed by atoms with van der Waals surface area (Å²) >= 11 is 1.39. The fourth-order valence-corrected chi connectivity index (χ4v) is 1.93. The van der Waals surface area contributed by atoms with Crippen molar-refractivity contribution in [3.05, 3.63) is 41.2 Å². The quantitative estimate of drug-likeness (QED) is 0.925. The molecule has 0 aliphatic carbocycles. The molecule has 2 rings (SSSR count). The molecule has 0 spiro atoms. The van der Waals surface area contributed by atoms with Crippen LogP contribution in [0.2, 0.25) is 0 Å². The number of halogens is 1. The lowest BCUT2D eigenvalue weighted by molar-refractivity contribution is -0.118. The number of hydrogen-bond acceptors (Lipinski definition) is 4. The highest BCUT2D eigenvalue weighted by Gasteiger charge is 2.06. The molecule has 0 aliphatic rings. The van der Waals surface area contributed by atoms with Crippen LogP contribution in [0.1, 0.15) is 4.88 Å². The van der Waals surface area contributed by atoms with E-state index in [1.54, 1.807) is 6.20 Å². The average molecular weight is 266 g/mol. The second kappa shape index (κ2) is 5.59. The van der Waals surface area contributed by atoms with Gasteiger partial charge < -0.3 is 4.74 Å². The molecular weight excluding hydrogens is 255 g/mol. The number of aryl methyl sites for hydroxylation is 1. The van der Waals surface area contributed by atoms with Gasteiger partial charge in [0.05, 0.1) is 0 Å². The van der Waals surface area contributed by atoms with Gasteiger partial charge in [0.15, 0.2) is 11.7 Å². The number of nitrogens with one attached hydrogen (secondary N) is 1. The van der Waals surface area contributed by atoms with Crippen LogP contribution in [0.15, 0.2) is 30.5 Å². The SMILES string of the molecule is Cc1cnc(NC(=O)COc2ccc(F)cc2)s1. The summed E-state index contributed by atoms with van der Waals surface area (Å²) in [5.74, 6) is -0.194. The van der Waals surface area contributed by atoms with Gasteiger partial charge in [0.25, 0.3) is 5.91 Å². The largest absolute Gasteiger partial charge is 0.484 e. The van der Waals surface area contributed by atoms with Crippen molar-refractivity contribution in [2.24, 2.45) is 0 Å². The second-order valence-electron chi connectivity index (χ2n) is 3.57. The van der Waals surface area contributed by atoms with E-state index in [2.05, 4.69) is 10.3 Å². The molecule has 6 heteroatoms. The molecule has 1 N–H and O–H groups in total. The molecule has 0 bridgehead atoms. The van der Waals surface area contributed by atoms with Gasteiger partial charge in [0, 0.05) is 11.1 Å². The van der Waals surface area contributed by atoms with Crippen molar-refractivity contribution in [3.63, 3.8) is 0 Å². The van der Waals surface area contributed by atoms with E-state index in [4.69, 9.17) is 4.74 Å². The number of anilines is 1. The third-order valence-corrected chi connectivity index (χ3v) is 2.88. The zero-order valence-electron chi connectivity index (χ0n) is 9.64. The molecule has 0 unspecified atom stereocenters. The number of thiazole rings is 1. The number of rotatable bonds is 4. The highest BCUT2D eigenvalue weighted by atomic mass is 32.1. The van der Waals surface area contributed by atoms with Crippen LogP contribution in [0.5, 0.6) is 5.75 Å². The number of benzene rings is 1. The van der Waals surface area contributed by atoms with Crippen LogP contribution in [0.25, 0.3) is 0 Å². The Morgan fingerprint density at radius 2 is 2.17 bits per heavy atom. The Morgan fingerprint density at radius 3 is 2.78 bits per heavy atom. The first-order valence-corrected chi connectivity index (χ1v) is 6.06. The van der Waals surface area contributed by atoms with Gasteiger partial charge in [-0.15, -0.1) is 11.3 Å². The average Bonchev–Trinajstić information content (AvgIpc) is 2.74. The van der Waals surface area contributed by atoms with Gasteiger partial charge in [0.1, 0.15) is 11.6 Å². The van der Waals surface area contributed by atoms with Crippen molar-refractivity contribution >= 4 is 22.4 Å². The van der Waals surface area contributed by atoms with E-state index in [1.165, 1.54) is 35.6 Å². The summed E-state index contributed by atoms with van der Waals surface area (Å²) in [5.41, 5.74) is 0. The Morgan fingerprint density at radius 1 is 1.44 bits per heavy atom. The summed E-state index contributed by atoms with van der Waals surface area (Å²) in [7, 11) is 0. The van der Waals surface area contributed by atoms with Crippen LogP contribution >= 0.6 is 11.3 Å². The molecule has 2 aromatic rings. The van der Waals surface area contributed by atoms with Crippen molar-refractivity contribution < 1.29 is 13.9 Å². The summed E-state index contributed by atoms with van der Waals surface area (Å²) in [6.45, 7) is 1.77. The molecule has 0 aliphatic heterocycles. The van der Waals surface area contributed by atoms with Crippen LogP contribution in [-0.2, 0) is 4.79 Å². The van der Waals surface area contributed by atoms with Gasteiger partial charge in [-0.2, -0.15) is 0 Å². The lowest BCUT2D eigenvalue weighted by atomic mass is 10.3. The number of carbonyl (C=O) groups excluding carboxylic acids is 1. The molecule has 0 saturated carbocycles. The Bertz CT molecular complexity index is 539. The van der Waals surface area contributed by atoms with E-state index >= 15 is 0 Å². The number of amides is 1. The van der Waals surface area contributed by atoms with Crippen LogP contribution in [0.4, 0.5) is 9.52 Å². The number of nitrogens with zero attached hydrogens (tertiary/aromatic N) is 1. The molecule has 18 heavy (non-hydrogen) atoms. The van der Waals surface area contributed by atoms with E-state index in [-0.39, 0.29) is 18.3 Å². The van der Waals surface area contributed by atoms with Gasteiger partial charge in [-0.05, 0) is 31.2 Å². The highest BCUT2D eigenvalue weighted by molar-refractivity contribution is 7.15. The maximum absolute atomic E-state index is 12.6. The Balaban J connectivity index is 1.83. The minimum atomic E-state index is -0.343. The number of hydrogen-bond donors (Lipinski definition) is 1. The molecule has 0 atom stereocenters. The van der Waals surface area contributed by atoms with E-state index < -0.39 is 0 Å². The van der Waals surface area contributed by atoms with Gasteiger partial charge in [-0.25, -0.2) is 9.37 Å². The zero-order chi connectivity index (χ0) is 13.0. The van der Waals surface area contributed by atoms with E-state index in [0.717, 1.165) is 4.88 Å². The number of aromatic nitrogens is 1. The maximum atomic E-state index is 12.6. The van der Waals surface area contributed by atoms with Gasteiger partial charge in [-0.1, -0.05) is 0 Å². The van der Waals surface area contributed by atoms with Gasteiger partial charge in [0.2, 0.25) is 0 Å². The third-order valence-electron chi connectivity index (χ3n) is 2.05. The van der Waals surface area contributed by atoms with Gasteiger partial charge >= 0.3 is 0 Å². The van der Waals surface area contributed by atoms with Crippen molar-refractivity contribution in [1.29, 1.82) is 0 Å². The Hall–Kier alpha value is -1.95. The predicted octanol–water partition coefficient (Wildman–Crippen LogP) is 2.61. The van der Waals surface area contributed by atoms with E-state index in [0.29, 0.717) is 10.9 Å². The van der Waals surface area contributed by atoms with Crippen molar-refractivity contribution in [2.45, 2.75) is 6.92 Å². The topological polar surface area (TPSA) is 51.2 Å². The molecule has 4 nitrogen and oxygen atoms in total. The molecule has 1 amide bonds. The molecular formula is C12H11FN2O2S. The molecule has 0 saturated heterocycles. The Kier molecular flexibility index (Phi) is 3.88. The van der Waals surface area contributed by atoms with Crippen LogP contribution in [0, 0.1) is 12.7 Å². The smallest absolute Gasteiger partial charge is 0.264 e. The molecule has 1 heterocycles. The fraction of sp³-hybridized carbons (Fsp3) is 0.167. The molecule has 0 fully saturated rings. The van der Waals surface area contributed by atoms with Crippen LogP contribution < -0.4 is 10.1 Å². The molecule has 0 radical (unpaired) electrons. The lowest BCUT2D eigenvalue weighted by Crippen LogP contribution is -2.19. The highest BCUT2D eigenvalue weighted by Crippen LogP contribution is 2.16. The summed E-state index contributed by atoms with van der Waals surface area (Å²) in [6, 6.07) is 5.49. The zero-order valence-corrected chi connectivity index (χ0v) is 10.5. The number of ether oxygens (including phenoxy) is 1. The Labute approximate surface area is 107 Å². The van der Waals surface area contributed by atoms with Crippen LogP contribution in [-0.4, -0.2) is 17.5 Å². The van der Waals surface area contributed by atoms with E-state index in [9.17, 15) is 9.18 Å². The minimum absolute atomic E-state index is 0.135. The standard InChI is InChI=1S/C12H11FN2O2S/c1-8-6-14-12(18-8)15-11(16)7-17-10-4-2-9(13)3-5-10/h2-6H,7H2,1H3,(H,14,15,16). The molecule has 94 valence electrons. The summed E-state index contributed by atoms with van der Waals surface area (Å²) in [4.78, 5) is 16.5. The fourth-order valence-electron chi connectivity index (χ4n) is 1.25. The normalized spacial score (nSPS) is 10.1. The maximum Gasteiger partial charge on any atom is 0.264 e. The first kappa shape index (κ1) is 12.5. The first-order valence-electron chi connectivity index (χ1n) is 5.24. The monoisotopic (exact) mass is 266 g/mol. The van der Waals surface area contributed by atoms with Crippen LogP contribution in [0.3, 0.4) is 0 Å². The summed E-state index contributed by atoms with van der Waals surface area (Å²) < 4.78 is 17.8. The van der Waals surface area contributed by atoms with Crippen molar-refractivity contribution in [2.75, 3.05) is 11.9 Å². The second-order valence-corrected chi connectivity index (χ2v) is 4.80. The number of carbonyl (C=O) groups is 1. The first-order chi connectivity index (χ1) is 8.63. The van der Waals surface area contributed by atoms with Crippen molar-refractivity contribution in [1.82, 2.24) is 4.98 Å². The van der Waals surface area contributed by atoms with Crippen molar-refractivity contribution in [3.8, 4) is 5.75 Å². The summed E-state index contributed by atoms with van der Waals surface area (Å²) in [6.07, 6.45) is 1.68. The predicted molar refractivity (Wildman–Crippen MR) is 67.4 cm³/mol.